The molecule has 1 aliphatic rings. The molecule has 0 heterocycles. The number of benzene rings is 1. The number of unbranched alkanes of at least 4 members (excludes halogenated alkanes) is 1. The van der Waals surface area contributed by atoms with E-state index in [1.807, 2.05) is 6.92 Å². The molecular weight excluding hydrogens is 446 g/mol. The maximum absolute atomic E-state index is 13.7. The summed E-state index contributed by atoms with van der Waals surface area (Å²) in [5.74, 6) is -0.723. The fourth-order valence-corrected chi connectivity index (χ4v) is 4.37. The van der Waals surface area contributed by atoms with Crippen LogP contribution in [0.1, 0.15) is 96.7 Å². The first-order valence-corrected chi connectivity index (χ1v) is 12.8. The van der Waals surface area contributed by atoms with Crippen molar-refractivity contribution in [2.45, 2.75) is 110 Å². The van der Waals surface area contributed by atoms with Crippen LogP contribution in [0.4, 0.5) is 4.79 Å². The van der Waals surface area contributed by atoms with Gasteiger partial charge in [0.2, 0.25) is 11.8 Å². The second-order valence-electron chi connectivity index (χ2n) is 10.5. The Morgan fingerprint density at radius 1 is 1.17 bits per heavy atom. The Hall–Kier alpha value is -2.77. The molecule has 1 aromatic carbocycles. The zero-order chi connectivity index (χ0) is 26.2. The predicted molar refractivity (Wildman–Crippen MR) is 136 cm³/mol. The van der Waals surface area contributed by atoms with Gasteiger partial charge in [0, 0.05) is 18.2 Å². The molecule has 2 atom stereocenters. The van der Waals surface area contributed by atoms with Crippen molar-refractivity contribution in [3.05, 3.63) is 29.3 Å². The number of para-hydroxylation sites is 1. The van der Waals surface area contributed by atoms with E-state index in [1.54, 1.807) is 52.8 Å². The quantitative estimate of drug-likeness (QED) is 0.465. The zero-order valence-corrected chi connectivity index (χ0v) is 22.1. The summed E-state index contributed by atoms with van der Waals surface area (Å²) in [5.41, 5.74) is 0.304. The molecule has 0 saturated heterocycles. The number of ether oxygens (including phenoxy) is 1. The summed E-state index contributed by atoms with van der Waals surface area (Å²) in [4.78, 5) is 41.1. The number of phenols is 1. The van der Waals surface area contributed by atoms with E-state index in [0.29, 0.717) is 24.1 Å². The minimum Gasteiger partial charge on any atom is -0.507 e. The molecule has 196 valence electrons. The number of nitrogens with zero attached hydrogens (tertiary/aromatic N) is 1. The summed E-state index contributed by atoms with van der Waals surface area (Å²) >= 11 is 0. The van der Waals surface area contributed by atoms with E-state index in [1.165, 1.54) is 4.90 Å². The molecule has 1 aromatic rings. The first kappa shape index (κ1) is 28.5. The van der Waals surface area contributed by atoms with Crippen molar-refractivity contribution < 1.29 is 24.2 Å². The SMILES string of the molecule is CCCCN(C(=O)C(C)NC(=O)OC(C)(C)C)C(C(=O)NC1CCCCC1)c1cccc(C)c1O. The molecular formula is C27H43N3O5. The highest BCUT2D eigenvalue weighted by molar-refractivity contribution is 5.92. The molecule has 2 rings (SSSR count). The van der Waals surface area contributed by atoms with Gasteiger partial charge in [-0.25, -0.2) is 4.79 Å². The minimum atomic E-state index is -1.02. The van der Waals surface area contributed by atoms with Crippen molar-refractivity contribution in [1.29, 1.82) is 0 Å². The maximum Gasteiger partial charge on any atom is 0.408 e. The third-order valence-corrected chi connectivity index (χ3v) is 6.21. The molecule has 8 heteroatoms. The highest BCUT2D eigenvalue weighted by Crippen LogP contribution is 2.33. The van der Waals surface area contributed by atoms with Crippen LogP contribution in [0.15, 0.2) is 18.2 Å². The highest BCUT2D eigenvalue weighted by Gasteiger charge is 2.36. The van der Waals surface area contributed by atoms with Crippen LogP contribution in [0.2, 0.25) is 0 Å². The lowest BCUT2D eigenvalue weighted by molar-refractivity contribution is -0.142. The molecule has 1 fully saturated rings. The van der Waals surface area contributed by atoms with Crippen LogP contribution in [-0.4, -0.2) is 52.1 Å². The molecule has 2 unspecified atom stereocenters. The number of rotatable bonds is 9. The molecule has 0 aromatic heterocycles. The maximum atomic E-state index is 13.7. The molecule has 3 amide bonds. The van der Waals surface area contributed by atoms with Crippen molar-refractivity contribution in [1.82, 2.24) is 15.5 Å². The molecule has 35 heavy (non-hydrogen) atoms. The molecule has 1 saturated carbocycles. The van der Waals surface area contributed by atoms with Crippen molar-refractivity contribution >= 4 is 17.9 Å². The molecule has 1 aliphatic carbocycles. The largest absolute Gasteiger partial charge is 0.507 e. The third-order valence-electron chi connectivity index (χ3n) is 6.21. The van der Waals surface area contributed by atoms with Crippen molar-refractivity contribution in [3.8, 4) is 5.75 Å². The Bertz CT molecular complexity index is 874. The number of hydrogen-bond donors (Lipinski definition) is 3. The van der Waals surface area contributed by atoms with Gasteiger partial charge in [-0.1, -0.05) is 50.8 Å². The summed E-state index contributed by atoms with van der Waals surface area (Å²) < 4.78 is 5.31. The number of nitrogens with one attached hydrogen (secondary N) is 2. The lowest BCUT2D eigenvalue weighted by atomic mass is 9.94. The minimum absolute atomic E-state index is 0.00153. The third kappa shape index (κ3) is 8.44. The van der Waals surface area contributed by atoms with Gasteiger partial charge >= 0.3 is 6.09 Å². The fraction of sp³-hybridized carbons (Fsp3) is 0.667. The Labute approximate surface area is 209 Å². The van der Waals surface area contributed by atoms with Gasteiger partial charge in [0.15, 0.2) is 0 Å². The fourth-order valence-electron chi connectivity index (χ4n) is 4.37. The van der Waals surface area contributed by atoms with Gasteiger partial charge in [-0.15, -0.1) is 0 Å². The Kier molecular flexibility index (Phi) is 10.4. The molecule has 0 aliphatic heterocycles. The van der Waals surface area contributed by atoms with E-state index >= 15 is 0 Å². The highest BCUT2D eigenvalue weighted by atomic mass is 16.6. The normalized spacial score (nSPS) is 16.2. The van der Waals surface area contributed by atoms with Gasteiger partial charge < -0.3 is 25.4 Å². The number of amides is 3. The van der Waals surface area contributed by atoms with E-state index in [0.717, 1.165) is 38.5 Å². The van der Waals surface area contributed by atoms with Crippen molar-refractivity contribution in [2.24, 2.45) is 0 Å². The van der Waals surface area contributed by atoms with E-state index < -0.39 is 29.7 Å². The standard InChI is InChI=1S/C27H43N3O5/c1-7-8-17-30(25(33)19(3)28-26(34)35-27(4,5)6)22(21-16-12-13-18(2)23(21)31)24(32)29-20-14-10-9-11-15-20/h12-13,16,19-20,22,31H,7-11,14-15,17H2,1-6H3,(H,28,34)(H,29,32). The van der Waals surface area contributed by atoms with Crippen LogP contribution in [0.25, 0.3) is 0 Å². The van der Waals surface area contributed by atoms with Crippen LogP contribution in [0.5, 0.6) is 5.75 Å². The molecule has 0 radical (unpaired) electrons. The lowest BCUT2D eigenvalue weighted by Crippen LogP contribution is -2.53. The summed E-state index contributed by atoms with van der Waals surface area (Å²) in [6.45, 7) is 10.9. The van der Waals surface area contributed by atoms with Gasteiger partial charge in [-0.2, -0.15) is 0 Å². The van der Waals surface area contributed by atoms with Gasteiger partial charge in [-0.3, -0.25) is 9.59 Å². The monoisotopic (exact) mass is 489 g/mol. The average molecular weight is 490 g/mol. The van der Waals surface area contributed by atoms with Crippen molar-refractivity contribution in [2.75, 3.05) is 6.54 Å². The first-order chi connectivity index (χ1) is 16.4. The zero-order valence-electron chi connectivity index (χ0n) is 22.1. The Morgan fingerprint density at radius 3 is 2.43 bits per heavy atom. The first-order valence-electron chi connectivity index (χ1n) is 12.8. The van der Waals surface area contributed by atoms with Crippen LogP contribution < -0.4 is 10.6 Å². The van der Waals surface area contributed by atoms with Crippen LogP contribution in [0, 0.1) is 6.92 Å². The lowest BCUT2D eigenvalue weighted by Gasteiger charge is -2.35. The average Bonchev–Trinajstić information content (AvgIpc) is 2.77. The smallest absolute Gasteiger partial charge is 0.408 e. The van der Waals surface area contributed by atoms with E-state index in [-0.39, 0.29) is 17.7 Å². The number of carbonyl (C=O) groups is 3. The second-order valence-corrected chi connectivity index (χ2v) is 10.5. The molecule has 8 nitrogen and oxygen atoms in total. The molecule has 0 bridgehead atoms. The van der Waals surface area contributed by atoms with Gasteiger partial charge in [-0.05, 0) is 59.4 Å². The van der Waals surface area contributed by atoms with E-state index in [4.69, 9.17) is 4.74 Å². The van der Waals surface area contributed by atoms with E-state index in [2.05, 4.69) is 10.6 Å². The summed E-state index contributed by atoms with van der Waals surface area (Å²) in [5, 5.41) is 16.6. The number of aromatic hydroxyl groups is 1. The number of alkyl carbamates (subject to hydrolysis) is 1. The topological polar surface area (TPSA) is 108 Å². The van der Waals surface area contributed by atoms with Gasteiger partial charge in [0.05, 0.1) is 0 Å². The number of hydrogen-bond acceptors (Lipinski definition) is 5. The summed E-state index contributed by atoms with van der Waals surface area (Å²) in [6, 6.07) is 3.34. The number of phenolic OH excluding ortho intramolecular Hbond substituents is 1. The number of carbonyl (C=O) groups excluding carboxylic acids is 3. The number of aryl methyl sites for hydroxylation is 1. The molecule has 3 N–H and O–H groups in total. The Balaban J connectivity index is 2.39. The summed E-state index contributed by atoms with van der Waals surface area (Å²) in [7, 11) is 0. The van der Waals surface area contributed by atoms with Gasteiger partial charge in [0.25, 0.3) is 0 Å². The predicted octanol–water partition coefficient (Wildman–Crippen LogP) is 4.73. The van der Waals surface area contributed by atoms with Crippen molar-refractivity contribution in [3.63, 3.8) is 0 Å². The summed E-state index contributed by atoms with van der Waals surface area (Å²) in [6.07, 6.45) is 5.86. The van der Waals surface area contributed by atoms with Gasteiger partial charge in [0.1, 0.15) is 23.4 Å². The van der Waals surface area contributed by atoms with E-state index in [9.17, 15) is 19.5 Å². The van der Waals surface area contributed by atoms with Crippen LogP contribution in [-0.2, 0) is 14.3 Å². The molecule has 0 spiro atoms. The Morgan fingerprint density at radius 2 is 1.83 bits per heavy atom. The second kappa shape index (κ2) is 12.8. The van der Waals surface area contributed by atoms with Crippen LogP contribution in [0.3, 0.4) is 0 Å². The van der Waals surface area contributed by atoms with Crippen LogP contribution >= 0.6 is 0 Å².